The fraction of sp³-hybridized carbons (Fsp3) is 0.357. The highest BCUT2D eigenvalue weighted by Crippen LogP contribution is 2.30. The molecule has 0 amide bonds. The number of aromatic nitrogens is 2. The number of thioether (sulfide) groups is 1. The van der Waals surface area contributed by atoms with Crippen molar-refractivity contribution in [1.29, 1.82) is 0 Å². The summed E-state index contributed by atoms with van der Waals surface area (Å²) in [7, 11) is 0. The van der Waals surface area contributed by atoms with E-state index in [1.807, 2.05) is 35.8 Å². The Kier molecular flexibility index (Phi) is 4.91. The molecule has 19 heavy (non-hydrogen) atoms. The van der Waals surface area contributed by atoms with Crippen LogP contribution >= 0.6 is 23.4 Å². The maximum atomic E-state index is 9.58. The molecule has 0 saturated carbocycles. The number of rotatable bonds is 5. The van der Waals surface area contributed by atoms with E-state index in [0.717, 1.165) is 34.4 Å². The van der Waals surface area contributed by atoms with E-state index in [4.69, 9.17) is 11.6 Å². The Labute approximate surface area is 122 Å². The first kappa shape index (κ1) is 14.4. The summed E-state index contributed by atoms with van der Waals surface area (Å²) in [4.78, 5) is 4.54. The van der Waals surface area contributed by atoms with Crippen LogP contribution in [0, 0.1) is 6.92 Å². The van der Waals surface area contributed by atoms with Gasteiger partial charge in [-0.25, -0.2) is 4.98 Å². The smallest absolute Gasteiger partial charge is 0.173 e. The monoisotopic (exact) mass is 296 g/mol. The first-order chi connectivity index (χ1) is 9.19. The third-order valence-electron chi connectivity index (χ3n) is 2.82. The molecule has 1 aromatic heterocycles. The number of imidazole rings is 1. The standard InChI is InChI=1S/C14H17ClN2OS/c1-3-8-19-14-16-10(2)13(9-18)17(14)12-7-5-4-6-11(12)15/h4-7,18H,3,8-9H2,1-2H3. The minimum Gasteiger partial charge on any atom is -0.390 e. The van der Waals surface area contributed by atoms with E-state index in [1.54, 1.807) is 11.8 Å². The normalized spacial score (nSPS) is 10.9. The molecule has 0 radical (unpaired) electrons. The van der Waals surface area contributed by atoms with Crippen LogP contribution in [0.3, 0.4) is 0 Å². The van der Waals surface area contributed by atoms with Crippen LogP contribution in [0.25, 0.3) is 5.69 Å². The van der Waals surface area contributed by atoms with Gasteiger partial charge in [-0.15, -0.1) is 0 Å². The third-order valence-corrected chi connectivity index (χ3v) is 4.28. The van der Waals surface area contributed by atoms with Crippen molar-refractivity contribution in [3.63, 3.8) is 0 Å². The Morgan fingerprint density at radius 3 is 2.74 bits per heavy atom. The number of aliphatic hydroxyl groups excluding tert-OH is 1. The fourth-order valence-corrected chi connectivity index (χ4v) is 3.04. The van der Waals surface area contributed by atoms with E-state index >= 15 is 0 Å². The zero-order valence-corrected chi connectivity index (χ0v) is 12.6. The maximum Gasteiger partial charge on any atom is 0.173 e. The highest BCUT2D eigenvalue weighted by Gasteiger charge is 2.17. The molecule has 0 aliphatic rings. The zero-order chi connectivity index (χ0) is 13.8. The molecule has 5 heteroatoms. The van der Waals surface area contributed by atoms with Gasteiger partial charge in [0, 0.05) is 5.75 Å². The molecular formula is C14H17ClN2OS. The Morgan fingerprint density at radius 2 is 2.11 bits per heavy atom. The quantitative estimate of drug-likeness (QED) is 0.852. The topological polar surface area (TPSA) is 38.1 Å². The molecule has 0 unspecified atom stereocenters. The van der Waals surface area contributed by atoms with Crippen molar-refractivity contribution in [3.8, 4) is 5.69 Å². The van der Waals surface area contributed by atoms with Gasteiger partial charge in [-0.2, -0.15) is 0 Å². The lowest BCUT2D eigenvalue weighted by molar-refractivity contribution is 0.273. The van der Waals surface area contributed by atoms with Gasteiger partial charge in [0.2, 0.25) is 0 Å². The van der Waals surface area contributed by atoms with Crippen LogP contribution in [0.2, 0.25) is 5.02 Å². The largest absolute Gasteiger partial charge is 0.390 e. The van der Waals surface area contributed by atoms with Crippen molar-refractivity contribution in [2.45, 2.75) is 32.0 Å². The summed E-state index contributed by atoms with van der Waals surface area (Å²) in [6.07, 6.45) is 1.08. The number of aryl methyl sites for hydroxylation is 1. The van der Waals surface area contributed by atoms with Gasteiger partial charge < -0.3 is 5.11 Å². The number of halogens is 1. The number of aliphatic hydroxyl groups is 1. The maximum absolute atomic E-state index is 9.58. The lowest BCUT2D eigenvalue weighted by Crippen LogP contribution is -2.03. The van der Waals surface area contributed by atoms with Gasteiger partial charge in [-0.05, 0) is 25.5 Å². The zero-order valence-electron chi connectivity index (χ0n) is 11.1. The predicted molar refractivity (Wildman–Crippen MR) is 80.2 cm³/mol. The number of hydrogen-bond acceptors (Lipinski definition) is 3. The van der Waals surface area contributed by atoms with Crippen LogP contribution in [0.5, 0.6) is 0 Å². The second-order valence-electron chi connectivity index (χ2n) is 4.22. The summed E-state index contributed by atoms with van der Waals surface area (Å²) in [6.45, 7) is 4.00. The van der Waals surface area contributed by atoms with Crippen molar-refractivity contribution in [1.82, 2.24) is 9.55 Å². The molecule has 0 aliphatic carbocycles. The van der Waals surface area contributed by atoms with E-state index in [1.165, 1.54) is 0 Å². The van der Waals surface area contributed by atoms with Crippen molar-refractivity contribution in [2.75, 3.05) is 5.75 Å². The van der Waals surface area contributed by atoms with Crippen LogP contribution in [-0.2, 0) is 6.61 Å². The van der Waals surface area contributed by atoms with Crippen molar-refractivity contribution in [2.24, 2.45) is 0 Å². The minimum atomic E-state index is -0.0449. The number of benzene rings is 1. The Morgan fingerprint density at radius 1 is 1.37 bits per heavy atom. The summed E-state index contributed by atoms with van der Waals surface area (Å²) in [5, 5.41) is 11.1. The summed E-state index contributed by atoms with van der Waals surface area (Å²) in [5.41, 5.74) is 2.51. The van der Waals surface area contributed by atoms with Crippen LogP contribution in [0.15, 0.2) is 29.4 Å². The predicted octanol–water partition coefficient (Wildman–Crippen LogP) is 3.83. The molecule has 2 rings (SSSR count). The molecule has 1 N–H and O–H groups in total. The average Bonchev–Trinajstić information content (AvgIpc) is 2.72. The van der Waals surface area contributed by atoms with E-state index in [-0.39, 0.29) is 6.61 Å². The first-order valence-electron chi connectivity index (χ1n) is 6.25. The summed E-state index contributed by atoms with van der Waals surface area (Å²) >= 11 is 7.95. The Hall–Kier alpha value is -0.970. The van der Waals surface area contributed by atoms with Crippen LogP contribution in [0.1, 0.15) is 24.7 Å². The molecule has 3 nitrogen and oxygen atoms in total. The van der Waals surface area contributed by atoms with E-state index in [2.05, 4.69) is 11.9 Å². The average molecular weight is 297 g/mol. The van der Waals surface area contributed by atoms with Crippen LogP contribution in [-0.4, -0.2) is 20.4 Å². The van der Waals surface area contributed by atoms with Crippen molar-refractivity contribution in [3.05, 3.63) is 40.7 Å². The lowest BCUT2D eigenvalue weighted by Gasteiger charge is -2.12. The van der Waals surface area contributed by atoms with Gasteiger partial charge in [0.1, 0.15) is 0 Å². The van der Waals surface area contributed by atoms with Crippen LogP contribution < -0.4 is 0 Å². The first-order valence-corrected chi connectivity index (χ1v) is 7.62. The molecule has 0 fully saturated rings. The van der Waals surface area contributed by atoms with Crippen molar-refractivity contribution >= 4 is 23.4 Å². The van der Waals surface area contributed by atoms with E-state index in [0.29, 0.717) is 5.02 Å². The fourth-order valence-electron chi connectivity index (χ4n) is 1.89. The second kappa shape index (κ2) is 6.46. The Bertz CT molecular complexity index is 569. The Balaban J connectivity index is 2.56. The minimum absolute atomic E-state index is 0.0449. The number of para-hydroxylation sites is 1. The molecular weight excluding hydrogens is 280 g/mol. The van der Waals surface area contributed by atoms with Gasteiger partial charge in [0.05, 0.1) is 28.7 Å². The van der Waals surface area contributed by atoms with E-state index < -0.39 is 0 Å². The van der Waals surface area contributed by atoms with Crippen LogP contribution in [0.4, 0.5) is 0 Å². The number of nitrogens with zero attached hydrogens (tertiary/aromatic N) is 2. The molecule has 1 aromatic carbocycles. The SMILES string of the molecule is CCCSc1nc(C)c(CO)n1-c1ccccc1Cl. The van der Waals surface area contributed by atoms with Gasteiger partial charge in [-0.1, -0.05) is 42.4 Å². The van der Waals surface area contributed by atoms with E-state index in [9.17, 15) is 5.11 Å². The third kappa shape index (κ3) is 2.96. The van der Waals surface area contributed by atoms with Gasteiger partial charge in [0.15, 0.2) is 5.16 Å². The molecule has 0 spiro atoms. The molecule has 2 aromatic rings. The molecule has 0 atom stereocenters. The molecule has 0 saturated heterocycles. The highest BCUT2D eigenvalue weighted by molar-refractivity contribution is 7.99. The highest BCUT2D eigenvalue weighted by atomic mass is 35.5. The van der Waals surface area contributed by atoms with Gasteiger partial charge in [0.25, 0.3) is 0 Å². The van der Waals surface area contributed by atoms with Gasteiger partial charge in [-0.3, -0.25) is 4.57 Å². The second-order valence-corrected chi connectivity index (χ2v) is 5.69. The van der Waals surface area contributed by atoms with Gasteiger partial charge >= 0.3 is 0 Å². The van der Waals surface area contributed by atoms with Crippen molar-refractivity contribution < 1.29 is 5.11 Å². The molecule has 1 heterocycles. The summed E-state index contributed by atoms with van der Waals surface area (Å²) in [6, 6.07) is 7.62. The lowest BCUT2D eigenvalue weighted by atomic mass is 10.3. The summed E-state index contributed by atoms with van der Waals surface area (Å²) in [5.74, 6) is 0.992. The number of hydrogen-bond donors (Lipinski definition) is 1. The molecule has 0 bridgehead atoms. The summed E-state index contributed by atoms with van der Waals surface area (Å²) < 4.78 is 1.96. The molecule has 102 valence electrons. The molecule has 0 aliphatic heterocycles.